The second-order valence-electron chi connectivity index (χ2n) is 4.94. The largest absolute Gasteiger partial charge is 0.497 e. The molecule has 0 radical (unpaired) electrons. The maximum Gasteiger partial charge on any atom is 0.118 e. The Bertz CT molecular complexity index is 764. The van der Waals surface area contributed by atoms with Crippen LogP contribution < -0.4 is 10.9 Å². The molecule has 0 atom stereocenters. The zero-order valence-corrected chi connectivity index (χ0v) is 12.7. The van der Waals surface area contributed by atoms with Gasteiger partial charge in [-0.1, -0.05) is 24.3 Å². The molecule has 108 valence electrons. The standard InChI is InChI=1S/C18H17NO.H3N/c1-12-16-6-4-5-7-17(16)13(2)19-18(12)14-8-10-15(20-3)11-9-14;/h4-11H,1-3H3;1H3. The van der Waals surface area contributed by atoms with Gasteiger partial charge in [-0.05, 0) is 49.1 Å². The molecule has 1 heterocycles. The summed E-state index contributed by atoms with van der Waals surface area (Å²) in [7, 11) is 1.68. The number of aromatic nitrogens is 1. The van der Waals surface area contributed by atoms with Gasteiger partial charge in [-0.2, -0.15) is 0 Å². The van der Waals surface area contributed by atoms with E-state index in [1.54, 1.807) is 7.11 Å². The average Bonchev–Trinajstić information content (AvgIpc) is 2.51. The van der Waals surface area contributed by atoms with Crippen molar-refractivity contribution in [2.75, 3.05) is 7.11 Å². The maximum absolute atomic E-state index is 5.21. The van der Waals surface area contributed by atoms with E-state index in [4.69, 9.17) is 9.72 Å². The molecule has 2 aromatic carbocycles. The number of fused-ring (bicyclic) bond motifs is 1. The molecule has 0 fully saturated rings. The smallest absolute Gasteiger partial charge is 0.118 e. The van der Waals surface area contributed by atoms with E-state index >= 15 is 0 Å². The van der Waals surface area contributed by atoms with E-state index in [9.17, 15) is 0 Å². The van der Waals surface area contributed by atoms with E-state index in [-0.39, 0.29) is 6.15 Å². The van der Waals surface area contributed by atoms with Crippen LogP contribution in [-0.2, 0) is 0 Å². The Labute approximate surface area is 125 Å². The van der Waals surface area contributed by atoms with Gasteiger partial charge in [0.15, 0.2) is 0 Å². The van der Waals surface area contributed by atoms with Crippen molar-refractivity contribution in [1.82, 2.24) is 11.1 Å². The lowest BCUT2D eigenvalue weighted by Crippen LogP contribution is -1.94. The summed E-state index contributed by atoms with van der Waals surface area (Å²) >= 11 is 0. The number of hydrogen-bond donors (Lipinski definition) is 1. The van der Waals surface area contributed by atoms with Crippen molar-refractivity contribution >= 4 is 10.8 Å². The third kappa shape index (κ3) is 2.60. The molecule has 0 saturated carbocycles. The molecular weight excluding hydrogens is 260 g/mol. The lowest BCUT2D eigenvalue weighted by atomic mass is 9.99. The first-order chi connectivity index (χ1) is 9.70. The van der Waals surface area contributed by atoms with Crippen molar-refractivity contribution in [2.24, 2.45) is 0 Å². The normalized spacial score (nSPS) is 10.2. The Hall–Kier alpha value is -2.39. The highest BCUT2D eigenvalue weighted by Gasteiger charge is 2.10. The fourth-order valence-corrected chi connectivity index (χ4v) is 2.59. The van der Waals surface area contributed by atoms with E-state index in [2.05, 4.69) is 50.2 Å². The molecule has 3 aromatic rings. The summed E-state index contributed by atoms with van der Waals surface area (Å²) < 4.78 is 5.21. The molecule has 0 amide bonds. The summed E-state index contributed by atoms with van der Waals surface area (Å²) in [5.74, 6) is 0.865. The Morgan fingerprint density at radius 1 is 0.857 bits per heavy atom. The first-order valence-corrected chi connectivity index (χ1v) is 6.71. The molecule has 3 nitrogen and oxygen atoms in total. The minimum atomic E-state index is 0. The topological polar surface area (TPSA) is 57.1 Å². The molecule has 0 spiro atoms. The number of benzene rings is 2. The van der Waals surface area contributed by atoms with Crippen LogP contribution in [0, 0.1) is 13.8 Å². The molecule has 0 unspecified atom stereocenters. The summed E-state index contributed by atoms with van der Waals surface area (Å²) in [6, 6.07) is 16.5. The summed E-state index contributed by atoms with van der Waals surface area (Å²) in [5, 5.41) is 2.49. The van der Waals surface area contributed by atoms with Crippen molar-refractivity contribution in [3.05, 3.63) is 59.8 Å². The quantitative estimate of drug-likeness (QED) is 0.741. The first kappa shape index (κ1) is 15.0. The Morgan fingerprint density at radius 2 is 1.48 bits per heavy atom. The van der Waals surface area contributed by atoms with Crippen LogP contribution in [0.4, 0.5) is 0 Å². The van der Waals surface area contributed by atoms with Crippen molar-refractivity contribution in [2.45, 2.75) is 13.8 Å². The minimum absolute atomic E-state index is 0. The monoisotopic (exact) mass is 280 g/mol. The van der Waals surface area contributed by atoms with E-state index in [1.807, 2.05) is 12.1 Å². The Morgan fingerprint density at radius 3 is 2.10 bits per heavy atom. The molecule has 1 aromatic heterocycles. The second-order valence-corrected chi connectivity index (χ2v) is 4.94. The van der Waals surface area contributed by atoms with Crippen LogP contribution in [0.3, 0.4) is 0 Å². The zero-order valence-electron chi connectivity index (χ0n) is 12.7. The SMILES string of the molecule is COc1ccc(-c2nc(C)c3ccccc3c2C)cc1.N. The van der Waals surface area contributed by atoms with Crippen molar-refractivity contribution in [1.29, 1.82) is 0 Å². The average molecular weight is 280 g/mol. The fourth-order valence-electron chi connectivity index (χ4n) is 2.59. The lowest BCUT2D eigenvalue weighted by molar-refractivity contribution is 0.415. The van der Waals surface area contributed by atoms with Gasteiger partial charge in [0, 0.05) is 16.6 Å². The highest BCUT2D eigenvalue weighted by molar-refractivity contribution is 5.91. The zero-order chi connectivity index (χ0) is 14.1. The molecule has 0 aliphatic carbocycles. The predicted octanol–water partition coefficient (Wildman–Crippen LogP) is 4.69. The lowest BCUT2D eigenvalue weighted by Gasteiger charge is -2.12. The second kappa shape index (κ2) is 5.94. The third-order valence-corrected chi connectivity index (χ3v) is 3.72. The Balaban J connectivity index is 0.00000161. The van der Waals surface area contributed by atoms with Crippen LogP contribution in [0.15, 0.2) is 48.5 Å². The van der Waals surface area contributed by atoms with Crippen LogP contribution in [0.5, 0.6) is 5.75 Å². The van der Waals surface area contributed by atoms with Gasteiger partial charge in [-0.25, -0.2) is 0 Å². The molecule has 0 aliphatic rings. The summed E-state index contributed by atoms with van der Waals surface area (Å²) in [5.41, 5.74) is 4.45. The van der Waals surface area contributed by atoms with Gasteiger partial charge < -0.3 is 10.9 Å². The molecular formula is C18H20N2O. The highest BCUT2D eigenvalue weighted by atomic mass is 16.5. The van der Waals surface area contributed by atoms with Gasteiger partial charge in [0.1, 0.15) is 5.75 Å². The number of nitrogens with zero attached hydrogens (tertiary/aromatic N) is 1. The van der Waals surface area contributed by atoms with Gasteiger partial charge in [-0.15, -0.1) is 0 Å². The summed E-state index contributed by atoms with van der Waals surface area (Å²) in [6.07, 6.45) is 0. The van der Waals surface area contributed by atoms with Gasteiger partial charge >= 0.3 is 0 Å². The van der Waals surface area contributed by atoms with Gasteiger partial charge in [0.05, 0.1) is 12.8 Å². The molecule has 21 heavy (non-hydrogen) atoms. The van der Waals surface area contributed by atoms with E-state index < -0.39 is 0 Å². The fraction of sp³-hybridized carbons (Fsp3) is 0.167. The molecule has 3 N–H and O–H groups in total. The number of rotatable bonds is 2. The van der Waals surface area contributed by atoms with Gasteiger partial charge in [0.25, 0.3) is 0 Å². The van der Waals surface area contributed by atoms with Crippen LogP contribution in [-0.4, -0.2) is 12.1 Å². The molecule has 3 rings (SSSR count). The Kier molecular flexibility index (Phi) is 4.24. The van der Waals surface area contributed by atoms with Crippen LogP contribution in [0.1, 0.15) is 11.3 Å². The van der Waals surface area contributed by atoms with Crippen molar-refractivity contribution in [3.63, 3.8) is 0 Å². The third-order valence-electron chi connectivity index (χ3n) is 3.72. The van der Waals surface area contributed by atoms with Crippen molar-refractivity contribution < 1.29 is 4.74 Å². The molecule has 3 heteroatoms. The van der Waals surface area contributed by atoms with Crippen molar-refractivity contribution in [3.8, 4) is 17.0 Å². The van der Waals surface area contributed by atoms with E-state index in [1.165, 1.54) is 16.3 Å². The number of methoxy groups -OCH3 is 1. The van der Waals surface area contributed by atoms with Crippen LogP contribution in [0.25, 0.3) is 22.0 Å². The van der Waals surface area contributed by atoms with E-state index in [0.29, 0.717) is 0 Å². The molecule has 0 aliphatic heterocycles. The van der Waals surface area contributed by atoms with Crippen LogP contribution in [0.2, 0.25) is 0 Å². The van der Waals surface area contributed by atoms with E-state index in [0.717, 1.165) is 22.7 Å². The maximum atomic E-state index is 5.21. The van der Waals surface area contributed by atoms with Crippen LogP contribution >= 0.6 is 0 Å². The number of hydrogen-bond acceptors (Lipinski definition) is 3. The minimum Gasteiger partial charge on any atom is -0.497 e. The number of aryl methyl sites for hydroxylation is 2. The molecule has 0 saturated heterocycles. The van der Waals surface area contributed by atoms with Gasteiger partial charge in [-0.3, -0.25) is 4.98 Å². The summed E-state index contributed by atoms with van der Waals surface area (Å²) in [6.45, 7) is 4.20. The molecule has 0 bridgehead atoms. The first-order valence-electron chi connectivity index (χ1n) is 6.71. The number of ether oxygens (including phenoxy) is 1. The van der Waals surface area contributed by atoms with Gasteiger partial charge in [0.2, 0.25) is 0 Å². The predicted molar refractivity (Wildman–Crippen MR) is 88.2 cm³/mol. The summed E-state index contributed by atoms with van der Waals surface area (Å²) in [4.78, 5) is 4.79. The highest BCUT2D eigenvalue weighted by Crippen LogP contribution is 2.30. The number of pyridine rings is 1.